The average molecular weight is 556 g/mol. The van der Waals surface area contributed by atoms with Gasteiger partial charge in [-0.3, -0.25) is 24.4 Å². The van der Waals surface area contributed by atoms with Crippen LogP contribution in [0, 0.1) is 16.7 Å². The molecule has 0 heterocycles. The van der Waals surface area contributed by atoms with E-state index in [1.54, 1.807) is 18.9 Å². The fraction of sp³-hybridized carbons (Fsp3) is 0.828. The van der Waals surface area contributed by atoms with Crippen molar-refractivity contribution in [2.45, 2.75) is 113 Å². The highest BCUT2D eigenvalue weighted by molar-refractivity contribution is 7.13. The van der Waals surface area contributed by atoms with E-state index in [2.05, 4.69) is 32.0 Å². The van der Waals surface area contributed by atoms with Gasteiger partial charge in [0.1, 0.15) is 6.04 Å². The molecule has 0 aliphatic rings. The number of nitrogens with one attached hydrogen (secondary N) is 3. The lowest BCUT2D eigenvalue weighted by atomic mass is 9.82. The molecule has 9 heteroatoms. The van der Waals surface area contributed by atoms with Gasteiger partial charge in [0.15, 0.2) is 0 Å². The summed E-state index contributed by atoms with van der Waals surface area (Å²) in [6.45, 7) is 20.5. The van der Waals surface area contributed by atoms with Crippen molar-refractivity contribution < 1.29 is 14.4 Å². The van der Waals surface area contributed by atoms with Crippen LogP contribution >= 0.6 is 9.39 Å². The minimum atomic E-state index is -0.716. The molecule has 0 aromatic rings. The molecule has 0 saturated heterocycles. The van der Waals surface area contributed by atoms with Crippen LogP contribution in [0.15, 0.2) is 11.6 Å². The predicted molar refractivity (Wildman–Crippen MR) is 163 cm³/mol. The fourth-order valence-electron chi connectivity index (χ4n) is 4.71. The molecule has 38 heavy (non-hydrogen) atoms. The topological polar surface area (TPSA) is 93.8 Å². The van der Waals surface area contributed by atoms with Gasteiger partial charge < -0.3 is 15.5 Å². The van der Waals surface area contributed by atoms with Gasteiger partial charge in [-0.05, 0) is 57.5 Å². The number of unbranched alkanes of at least 4 members (excludes halogenated alkanes) is 1. The van der Waals surface area contributed by atoms with Gasteiger partial charge in [0.2, 0.25) is 17.7 Å². The molecular weight excluding hydrogens is 497 g/mol. The van der Waals surface area contributed by atoms with Crippen molar-refractivity contribution in [2.24, 2.45) is 16.7 Å². The molecular formula is C29H58N5O3P. The summed E-state index contributed by atoms with van der Waals surface area (Å²) in [5.74, 6) is -0.377. The molecule has 0 spiro atoms. The third-order valence-electron chi connectivity index (χ3n) is 6.88. The smallest absolute Gasteiger partial charge is 0.246 e. The van der Waals surface area contributed by atoms with Crippen LogP contribution in [0.3, 0.4) is 0 Å². The van der Waals surface area contributed by atoms with E-state index < -0.39 is 17.5 Å². The van der Waals surface area contributed by atoms with E-state index in [9.17, 15) is 14.4 Å². The number of nitrogens with zero attached hydrogens (tertiary/aromatic N) is 2. The summed E-state index contributed by atoms with van der Waals surface area (Å²) < 4.78 is 0. The van der Waals surface area contributed by atoms with Gasteiger partial charge in [-0.25, -0.2) is 0 Å². The maximum absolute atomic E-state index is 13.8. The Labute approximate surface area is 235 Å². The normalized spacial score (nSPS) is 16.2. The van der Waals surface area contributed by atoms with Crippen LogP contribution < -0.4 is 15.7 Å². The van der Waals surface area contributed by atoms with Gasteiger partial charge in [-0.2, -0.15) is 0 Å². The molecule has 3 N–H and O–H groups in total. The molecule has 0 aliphatic carbocycles. The standard InChI is InChI=1S/C29H58N5O3P/c1-19(2)22(18-20(3)25(35)30-17-15-14-16-21(4)32-38)34(13)27(37)23(28(5,6)7)31-26(36)24(33(11)12)29(8,9)10/h18-19,21-24,32H,14-17,38H2,1-13H3,(H,30,35)(H,31,36)/b20-18+/t21?,22-,23-,24-/m1/s1. The molecule has 222 valence electrons. The van der Waals surface area contributed by atoms with E-state index in [4.69, 9.17) is 0 Å². The van der Waals surface area contributed by atoms with Crippen LogP contribution in [0.1, 0.15) is 88.5 Å². The van der Waals surface area contributed by atoms with Crippen molar-refractivity contribution in [3.8, 4) is 0 Å². The van der Waals surface area contributed by atoms with Crippen LogP contribution in [0.4, 0.5) is 0 Å². The molecule has 0 aliphatic heterocycles. The highest BCUT2D eigenvalue weighted by Crippen LogP contribution is 2.27. The second kappa shape index (κ2) is 15.9. The summed E-state index contributed by atoms with van der Waals surface area (Å²) in [5.41, 5.74) is -0.222. The Balaban J connectivity index is 5.67. The van der Waals surface area contributed by atoms with Gasteiger partial charge in [0, 0.05) is 25.2 Å². The number of carbonyl (C=O) groups excluding carboxylic acids is 3. The van der Waals surface area contributed by atoms with Crippen molar-refractivity contribution in [1.82, 2.24) is 25.5 Å². The molecule has 0 bridgehead atoms. The highest BCUT2D eigenvalue weighted by atomic mass is 31.0. The molecule has 0 aromatic heterocycles. The summed E-state index contributed by atoms with van der Waals surface area (Å²) in [7, 11) is 8.05. The van der Waals surface area contributed by atoms with Gasteiger partial charge >= 0.3 is 0 Å². The molecule has 8 nitrogen and oxygen atoms in total. The summed E-state index contributed by atoms with van der Waals surface area (Å²) in [6.07, 6.45) is 4.86. The third-order valence-corrected chi connectivity index (χ3v) is 7.44. The van der Waals surface area contributed by atoms with E-state index in [0.29, 0.717) is 18.2 Å². The van der Waals surface area contributed by atoms with E-state index in [1.807, 2.05) is 80.5 Å². The second-order valence-corrected chi connectivity index (χ2v) is 13.7. The lowest BCUT2D eigenvalue weighted by Gasteiger charge is -2.40. The Morgan fingerprint density at radius 1 is 0.921 bits per heavy atom. The zero-order valence-electron chi connectivity index (χ0n) is 26.5. The SMILES string of the molecule is C/C(=C\[C@H](C(C)C)N(C)C(=O)[C@@H](NC(=O)[C@@H](N(C)C)C(C)(C)C)C(C)(C)C)C(=O)NCCCCC(C)NP. The van der Waals surface area contributed by atoms with Crippen molar-refractivity contribution >= 4 is 27.1 Å². The number of hydrogen-bond acceptors (Lipinski definition) is 5. The summed E-state index contributed by atoms with van der Waals surface area (Å²) >= 11 is 0. The van der Waals surface area contributed by atoms with Crippen molar-refractivity contribution in [1.29, 1.82) is 0 Å². The molecule has 0 aromatic carbocycles. The molecule has 0 fully saturated rings. The largest absolute Gasteiger partial charge is 0.352 e. The number of hydrogen-bond donors (Lipinski definition) is 3. The van der Waals surface area contributed by atoms with Crippen LogP contribution in [0.2, 0.25) is 0 Å². The summed E-state index contributed by atoms with van der Waals surface area (Å²) in [6, 6.07) is -0.970. The Kier molecular flexibility index (Phi) is 15.3. The second-order valence-electron chi connectivity index (χ2n) is 13.4. The van der Waals surface area contributed by atoms with E-state index in [-0.39, 0.29) is 35.1 Å². The first-order valence-electron chi connectivity index (χ1n) is 13.9. The van der Waals surface area contributed by atoms with Crippen molar-refractivity contribution in [2.75, 3.05) is 27.7 Å². The first-order chi connectivity index (χ1) is 17.2. The minimum absolute atomic E-state index is 0.0769. The molecule has 3 amide bonds. The number of likely N-dealkylation sites (N-methyl/N-ethyl adjacent to an activating group) is 2. The van der Waals surface area contributed by atoms with Gasteiger partial charge in [0.25, 0.3) is 0 Å². The Bertz CT molecular complexity index is 799. The maximum atomic E-state index is 13.8. The number of rotatable bonds is 14. The summed E-state index contributed by atoms with van der Waals surface area (Å²) in [4.78, 5) is 43.6. The number of carbonyl (C=O) groups is 3. The first-order valence-corrected chi connectivity index (χ1v) is 14.5. The average Bonchev–Trinajstić information content (AvgIpc) is 2.77. The van der Waals surface area contributed by atoms with E-state index >= 15 is 0 Å². The lowest BCUT2D eigenvalue weighted by molar-refractivity contribution is -0.142. The van der Waals surface area contributed by atoms with Gasteiger partial charge in [-0.15, -0.1) is 0 Å². The predicted octanol–water partition coefficient (Wildman–Crippen LogP) is 3.98. The lowest BCUT2D eigenvalue weighted by Crippen LogP contribution is -2.60. The monoisotopic (exact) mass is 555 g/mol. The quantitative estimate of drug-likeness (QED) is 0.171. The van der Waals surface area contributed by atoms with Gasteiger partial charge in [-0.1, -0.05) is 77.3 Å². The van der Waals surface area contributed by atoms with Crippen LogP contribution in [0.5, 0.6) is 0 Å². The highest BCUT2D eigenvalue weighted by Gasteiger charge is 2.40. The van der Waals surface area contributed by atoms with Crippen molar-refractivity contribution in [3.63, 3.8) is 0 Å². The Hall–Kier alpha value is -1.50. The van der Waals surface area contributed by atoms with E-state index in [1.165, 1.54) is 0 Å². The zero-order valence-corrected chi connectivity index (χ0v) is 27.6. The van der Waals surface area contributed by atoms with Crippen LogP contribution in [-0.2, 0) is 14.4 Å². The molecule has 2 unspecified atom stereocenters. The maximum Gasteiger partial charge on any atom is 0.246 e. The molecule has 0 radical (unpaired) electrons. The minimum Gasteiger partial charge on any atom is -0.352 e. The third kappa shape index (κ3) is 12.1. The fourth-order valence-corrected chi connectivity index (χ4v) is 4.87. The van der Waals surface area contributed by atoms with E-state index in [0.717, 1.165) is 19.3 Å². The first kappa shape index (κ1) is 36.5. The number of amides is 3. The van der Waals surface area contributed by atoms with Gasteiger partial charge in [0.05, 0.1) is 12.1 Å². The molecule has 0 rings (SSSR count). The van der Waals surface area contributed by atoms with Crippen molar-refractivity contribution in [3.05, 3.63) is 11.6 Å². The summed E-state index contributed by atoms with van der Waals surface area (Å²) in [5, 5.41) is 9.21. The Morgan fingerprint density at radius 2 is 1.47 bits per heavy atom. The molecule has 5 atom stereocenters. The van der Waals surface area contributed by atoms with Crippen LogP contribution in [-0.4, -0.2) is 79.4 Å². The van der Waals surface area contributed by atoms with Crippen LogP contribution in [0.25, 0.3) is 0 Å². The Morgan fingerprint density at radius 3 is 1.89 bits per heavy atom. The zero-order chi connectivity index (χ0) is 30.0. The molecule has 0 saturated carbocycles.